The first-order chi connectivity index (χ1) is 14.6. The van der Waals surface area contributed by atoms with Gasteiger partial charge in [-0.2, -0.15) is 13.2 Å². The van der Waals surface area contributed by atoms with Gasteiger partial charge in [0.25, 0.3) is 10.0 Å². The number of hydrogen-bond donors (Lipinski definition) is 0. The maximum atomic E-state index is 13.3. The zero-order valence-electron chi connectivity index (χ0n) is 17.3. The average molecular weight is 452 g/mol. The van der Waals surface area contributed by atoms with Crippen molar-refractivity contribution in [1.29, 1.82) is 0 Å². The Morgan fingerprint density at radius 3 is 2.42 bits per heavy atom. The van der Waals surface area contributed by atoms with Crippen molar-refractivity contribution in [3.63, 3.8) is 0 Å². The van der Waals surface area contributed by atoms with Crippen LogP contribution in [-0.4, -0.2) is 61.1 Å². The lowest BCUT2D eigenvalue weighted by molar-refractivity contribution is -0.193. The van der Waals surface area contributed by atoms with E-state index in [-0.39, 0.29) is 11.4 Å². The number of alkyl halides is 3. The molecule has 1 unspecified atom stereocenters. The molecule has 31 heavy (non-hydrogen) atoms. The van der Waals surface area contributed by atoms with Crippen molar-refractivity contribution >= 4 is 20.9 Å². The highest BCUT2D eigenvalue weighted by atomic mass is 32.2. The number of halogens is 3. The lowest BCUT2D eigenvalue weighted by Crippen LogP contribution is -2.57. The number of aryl methyl sites for hydroxylation is 1. The first-order valence-corrected chi connectivity index (χ1v) is 11.4. The Balaban J connectivity index is 1.65. The molecule has 0 amide bonds. The summed E-state index contributed by atoms with van der Waals surface area (Å²) in [5.41, 5.74) is 2.28. The number of hydrogen-bond acceptors (Lipinski definition) is 4. The van der Waals surface area contributed by atoms with Crippen LogP contribution in [0.1, 0.15) is 11.1 Å². The Morgan fingerprint density at radius 2 is 1.74 bits per heavy atom. The molecule has 0 saturated carbocycles. The fourth-order valence-corrected chi connectivity index (χ4v) is 5.39. The summed E-state index contributed by atoms with van der Waals surface area (Å²) in [5, 5.41) is 0.723. The molecule has 166 valence electrons. The summed E-state index contributed by atoms with van der Waals surface area (Å²) in [6.45, 7) is 2.94. The van der Waals surface area contributed by atoms with Crippen molar-refractivity contribution in [1.82, 2.24) is 13.8 Å². The van der Waals surface area contributed by atoms with Crippen LogP contribution in [-0.2, 0) is 16.6 Å². The number of likely N-dealkylation sites (N-methyl/N-ethyl adjacent to an activating group) is 1. The normalized spacial score (nSPS) is 19.2. The lowest BCUT2D eigenvalue weighted by Gasteiger charge is -2.40. The Morgan fingerprint density at radius 1 is 1.03 bits per heavy atom. The molecule has 1 saturated heterocycles. The minimum Gasteiger partial charge on any atom is -0.296 e. The van der Waals surface area contributed by atoms with Crippen LogP contribution in [0.4, 0.5) is 13.2 Å². The van der Waals surface area contributed by atoms with Gasteiger partial charge in [0.15, 0.2) is 0 Å². The second kappa shape index (κ2) is 7.96. The molecule has 3 aromatic rings. The summed E-state index contributed by atoms with van der Waals surface area (Å²) in [5.74, 6) is 0. The van der Waals surface area contributed by atoms with Crippen LogP contribution in [0.5, 0.6) is 0 Å². The summed E-state index contributed by atoms with van der Waals surface area (Å²) >= 11 is 0. The number of rotatable bonds is 4. The van der Waals surface area contributed by atoms with Gasteiger partial charge < -0.3 is 0 Å². The summed E-state index contributed by atoms with van der Waals surface area (Å²) in [6, 6.07) is 12.1. The van der Waals surface area contributed by atoms with Crippen molar-refractivity contribution in [3.05, 3.63) is 65.9 Å². The Hall–Kier alpha value is -2.36. The van der Waals surface area contributed by atoms with Crippen LogP contribution in [0.3, 0.4) is 0 Å². The van der Waals surface area contributed by atoms with E-state index >= 15 is 0 Å². The SMILES string of the molecule is Cc1ccc(S(=O)(=O)n2ccc3c(CN4CCN(C)C(C(F)(F)F)C4)cccc32)cc1. The van der Waals surface area contributed by atoms with E-state index in [4.69, 9.17) is 0 Å². The van der Waals surface area contributed by atoms with E-state index in [1.165, 1.54) is 22.1 Å². The fourth-order valence-electron chi connectivity index (χ4n) is 4.05. The Labute approximate surface area is 179 Å². The molecule has 0 radical (unpaired) electrons. The van der Waals surface area contributed by atoms with Crippen molar-refractivity contribution in [3.8, 4) is 0 Å². The van der Waals surface area contributed by atoms with Crippen molar-refractivity contribution < 1.29 is 21.6 Å². The van der Waals surface area contributed by atoms with Gasteiger partial charge in [-0.1, -0.05) is 29.8 Å². The quantitative estimate of drug-likeness (QED) is 0.604. The van der Waals surface area contributed by atoms with Crippen LogP contribution >= 0.6 is 0 Å². The summed E-state index contributed by atoms with van der Waals surface area (Å²) < 4.78 is 67.5. The highest BCUT2D eigenvalue weighted by molar-refractivity contribution is 7.90. The van der Waals surface area contributed by atoms with Gasteiger partial charge in [-0.25, -0.2) is 12.4 Å². The monoisotopic (exact) mass is 451 g/mol. The van der Waals surface area contributed by atoms with Crippen LogP contribution in [0.15, 0.2) is 59.6 Å². The molecule has 9 heteroatoms. The van der Waals surface area contributed by atoms with Gasteiger partial charge in [-0.3, -0.25) is 9.80 Å². The predicted octanol–water partition coefficient (Wildman–Crippen LogP) is 3.87. The molecule has 2 aromatic carbocycles. The topological polar surface area (TPSA) is 45.6 Å². The van der Waals surface area contributed by atoms with Crippen LogP contribution < -0.4 is 0 Å². The summed E-state index contributed by atoms with van der Waals surface area (Å²) in [4.78, 5) is 3.30. The highest BCUT2D eigenvalue weighted by Gasteiger charge is 2.45. The van der Waals surface area contributed by atoms with Crippen LogP contribution in [0.25, 0.3) is 10.9 Å². The third-order valence-corrected chi connectivity index (χ3v) is 7.57. The van der Waals surface area contributed by atoms with E-state index in [0.717, 1.165) is 16.5 Å². The Kier molecular flexibility index (Phi) is 5.61. The van der Waals surface area contributed by atoms with Gasteiger partial charge in [0.05, 0.1) is 10.4 Å². The molecule has 5 nitrogen and oxygen atoms in total. The second-order valence-corrected chi connectivity index (χ2v) is 9.87. The summed E-state index contributed by atoms with van der Waals surface area (Å²) in [7, 11) is -2.28. The van der Waals surface area contributed by atoms with Gasteiger partial charge in [0, 0.05) is 37.8 Å². The van der Waals surface area contributed by atoms with E-state index in [1.54, 1.807) is 47.4 Å². The Bertz CT molecular complexity index is 1190. The second-order valence-electron chi connectivity index (χ2n) is 8.05. The molecule has 2 heterocycles. The first kappa shape index (κ1) is 21.9. The number of nitrogens with zero attached hydrogens (tertiary/aromatic N) is 3. The van der Waals surface area contributed by atoms with Gasteiger partial charge in [0.2, 0.25) is 0 Å². The van der Waals surface area contributed by atoms with Crippen LogP contribution in [0.2, 0.25) is 0 Å². The highest BCUT2D eigenvalue weighted by Crippen LogP contribution is 2.29. The van der Waals surface area contributed by atoms with E-state index in [2.05, 4.69) is 0 Å². The maximum absolute atomic E-state index is 13.3. The number of benzene rings is 2. The zero-order valence-corrected chi connectivity index (χ0v) is 18.1. The molecule has 0 bridgehead atoms. The molecule has 0 spiro atoms. The molecule has 1 aliphatic heterocycles. The average Bonchev–Trinajstić information content (AvgIpc) is 3.15. The zero-order chi connectivity index (χ0) is 22.4. The third-order valence-electron chi connectivity index (χ3n) is 5.87. The fraction of sp³-hybridized carbons (Fsp3) is 0.364. The molecule has 1 aliphatic rings. The van der Waals surface area contributed by atoms with E-state index in [1.807, 2.05) is 13.0 Å². The van der Waals surface area contributed by atoms with E-state index in [9.17, 15) is 21.6 Å². The minimum atomic E-state index is -4.29. The number of aromatic nitrogens is 1. The number of fused-ring (bicyclic) bond motifs is 1. The molecule has 0 aliphatic carbocycles. The van der Waals surface area contributed by atoms with Crippen LogP contribution in [0, 0.1) is 6.92 Å². The molecular formula is C22H24F3N3O2S. The van der Waals surface area contributed by atoms with Gasteiger partial charge in [0.1, 0.15) is 6.04 Å². The molecule has 1 fully saturated rings. The third kappa shape index (κ3) is 4.22. The van der Waals surface area contributed by atoms with E-state index < -0.39 is 22.2 Å². The summed E-state index contributed by atoms with van der Waals surface area (Å²) in [6.07, 6.45) is -2.78. The maximum Gasteiger partial charge on any atom is 0.405 e. The minimum absolute atomic E-state index is 0.112. The van der Waals surface area contributed by atoms with Gasteiger partial charge in [-0.15, -0.1) is 0 Å². The molecule has 4 rings (SSSR count). The standard InChI is InChI=1S/C22H24F3N3O2S/c1-16-6-8-18(9-7-16)31(29,30)28-11-10-19-17(4-3-5-20(19)28)14-27-13-12-26(2)21(15-27)22(23,24)25/h3-11,21H,12-15H2,1-2H3. The smallest absolute Gasteiger partial charge is 0.296 e. The van der Waals surface area contributed by atoms with Gasteiger partial charge in [-0.05, 0) is 43.8 Å². The largest absolute Gasteiger partial charge is 0.405 e. The molecular weight excluding hydrogens is 427 g/mol. The van der Waals surface area contributed by atoms with Gasteiger partial charge >= 0.3 is 6.18 Å². The van der Waals surface area contributed by atoms with Crippen molar-refractivity contribution in [2.45, 2.75) is 30.6 Å². The predicted molar refractivity (Wildman–Crippen MR) is 113 cm³/mol. The molecule has 0 N–H and O–H groups in total. The first-order valence-electron chi connectivity index (χ1n) is 9.98. The van der Waals surface area contributed by atoms with Crippen molar-refractivity contribution in [2.75, 3.05) is 26.7 Å². The molecule has 1 atom stereocenters. The lowest BCUT2D eigenvalue weighted by atomic mass is 10.1. The van der Waals surface area contributed by atoms with E-state index in [0.29, 0.717) is 25.2 Å². The number of piperazine rings is 1. The van der Waals surface area contributed by atoms with Crippen molar-refractivity contribution in [2.24, 2.45) is 0 Å². The molecule has 1 aromatic heterocycles.